The number of piperidine rings is 3. The number of aliphatic hydroxyl groups is 1. The highest BCUT2D eigenvalue weighted by Crippen LogP contribution is 2.23. The zero-order chi connectivity index (χ0) is 72.5. The van der Waals surface area contributed by atoms with Crippen molar-refractivity contribution in [3.05, 3.63) is 131 Å². The highest BCUT2D eigenvalue weighted by Gasteiger charge is 2.25. The Morgan fingerprint density at radius 3 is 1.07 bits per heavy atom. The Morgan fingerprint density at radius 1 is 0.495 bits per heavy atom. The molecule has 4 aromatic heterocycles. The predicted octanol–water partition coefficient (Wildman–Crippen LogP) is 22.9. The molecule has 3 fully saturated rings. The Kier molecular flexibility index (Phi) is 82.1. The number of H-pyrrole nitrogens is 1. The number of nitrogens with zero attached hydrogens (tertiary/aromatic N) is 10. The maximum absolute atomic E-state index is 10.6. The number of aromatic amines is 1. The first-order chi connectivity index (χ1) is 44.8. The SMILES string of the molecule is C.C.C.C.CBr.CC.CC.CC.CC.CC.CC.CC.CC.CC1(O)CCN(P)CC1.CC1=CCN(P)CC1.CC1CCNCC1.Cc1[nH]nc2ccccc12.Cc1nn(C)c2ccccc12.Cc1nn(C)c2ccccc12.Cc1nn(C)c2ccccc12.O=C1CCN(P)CC1.[H+]. The number of aromatic nitrogens is 8. The van der Waals surface area contributed by atoms with E-state index in [2.05, 4.69) is 151 Å². The summed E-state index contributed by atoms with van der Waals surface area (Å²) in [6.45, 7) is 55.2. The van der Waals surface area contributed by atoms with E-state index in [1.54, 1.807) is 0 Å². The van der Waals surface area contributed by atoms with Crippen LogP contribution < -0.4 is 5.32 Å². The monoisotopic (exact) mass is 1480 g/mol. The Hall–Kier alpha value is -4.26. The molecule has 3 saturated heterocycles. The second-order valence-electron chi connectivity index (χ2n) is 20.4. The van der Waals surface area contributed by atoms with Gasteiger partial charge in [0.1, 0.15) is 5.78 Å². The molecule has 0 aliphatic carbocycles. The number of ketones is 1. The Morgan fingerprint density at radius 2 is 0.804 bits per heavy atom. The van der Waals surface area contributed by atoms with Gasteiger partial charge in [-0.2, -0.15) is 20.4 Å². The van der Waals surface area contributed by atoms with Gasteiger partial charge in [-0.15, -0.1) is 0 Å². The largest absolute Gasteiger partial charge is 1.00 e. The molecule has 564 valence electrons. The summed E-state index contributed by atoms with van der Waals surface area (Å²) in [5, 5.41) is 37.7. The maximum atomic E-state index is 10.6. The molecule has 14 nitrogen and oxygen atoms in total. The minimum absolute atomic E-state index is 0. The van der Waals surface area contributed by atoms with Gasteiger partial charge in [0, 0.05) is 100 Å². The van der Waals surface area contributed by atoms with E-state index >= 15 is 0 Å². The minimum Gasteiger partial charge on any atom is -0.390 e. The molecule has 8 aromatic rings. The van der Waals surface area contributed by atoms with Crippen molar-refractivity contribution in [2.24, 2.45) is 27.1 Å². The fourth-order valence-corrected chi connectivity index (χ4v) is 9.56. The normalized spacial score (nSPS) is 13.6. The first-order valence-electron chi connectivity index (χ1n) is 34.8. The van der Waals surface area contributed by atoms with E-state index in [0.29, 0.717) is 5.78 Å². The van der Waals surface area contributed by atoms with Gasteiger partial charge in [0.2, 0.25) is 0 Å². The van der Waals surface area contributed by atoms with Crippen LogP contribution in [0.15, 0.2) is 109 Å². The maximum Gasteiger partial charge on any atom is 1.00 e. The molecule has 4 aliphatic heterocycles. The Balaban J connectivity index is -0.000000109. The molecule has 0 spiro atoms. The van der Waals surface area contributed by atoms with Crippen LogP contribution >= 0.6 is 44.1 Å². The Labute approximate surface area is 616 Å². The number of carbonyl (C=O) groups is 1. The lowest BCUT2D eigenvalue weighted by atomic mass is 9.95. The highest BCUT2D eigenvalue weighted by atomic mass is 79.9. The zero-order valence-corrected chi connectivity index (χ0v) is 69.0. The molecule has 8 heterocycles. The molecule has 3 atom stereocenters. The van der Waals surface area contributed by atoms with Gasteiger partial charge >= 0.3 is 1.43 Å². The molecule has 12 rings (SSSR count). The second kappa shape index (κ2) is 71.6. The van der Waals surface area contributed by atoms with Crippen molar-refractivity contribution in [2.75, 3.05) is 58.2 Å². The van der Waals surface area contributed by atoms with Gasteiger partial charge < -0.3 is 10.4 Å². The average Bonchev–Trinajstić information content (AvgIpc) is 1.72. The standard InChI is InChI=1S/3C9H10N2.C8H8N2.C6H14NOP.C6H12NP.C6H13N.C5H10NOP.8C2H6.CH3Br.4CH4/c3*1-7-8-5-3-4-6-9(8)11(2)10-7;1-6-7-4-2-3-5-8(7)10-9-6;1-6(8)2-4-7(9)5-3-6;1-6-2-4-7(8)5-3-6;1-6-2-4-7-5-3-6;7-5-1-3-6(8)4-2-5;9*1-2;;;;/h3*3-6H,1-2H3;2-5H,1H3,(H,9,10);8H,2-5,9H2,1H3;2H,3-5,8H2,1H3;6-7H,2-5H2,1H3;1-4,8H2;8*1-2H3;1H3;4*1H4/p+1. The molecule has 0 bridgehead atoms. The first-order valence-corrected chi connectivity index (χ1v) is 38.0. The van der Waals surface area contributed by atoms with Crippen LogP contribution in [0.3, 0.4) is 0 Å². The van der Waals surface area contributed by atoms with Crippen molar-refractivity contribution in [3.63, 3.8) is 0 Å². The molecule has 97 heavy (non-hydrogen) atoms. The summed E-state index contributed by atoms with van der Waals surface area (Å²) < 4.78 is 12.2. The summed E-state index contributed by atoms with van der Waals surface area (Å²) in [7, 11) is 13.9. The number of para-hydroxylation sites is 4. The topological polar surface area (TPSA) is 141 Å². The van der Waals surface area contributed by atoms with Crippen molar-refractivity contribution >= 4 is 93.5 Å². The number of hydrogen-bond acceptors (Lipinski definition) is 10. The number of aryl methyl sites for hydroxylation is 7. The number of carbonyl (C=O) groups excluding carboxylic acids is 1. The second-order valence-corrected chi connectivity index (χ2v) is 22.6. The van der Waals surface area contributed by atoms with Gasteiger partial charge in [-0.05, 0) is 123 Å². The number of hydrogen-bond donors (Lipinski definition) is 3. The molecule has 0 saturated carbocycles. The summed E-state index contributed by atoms with van der Waals surface area (Å²) in [6, 6.07) is 32.8. The Bertz CT molecular complexity index is 2710. The molecule has 18 heteroatoms. The highest BCUT2D eigenvalue weighted by molar-refractivity contribution is 9.08. The lowest BCUT2D eigenvalue weighted by molar-refractivity contribution is -0.120. The van der Waals surface area contributed by atoms with Crippen molar-refractivity contribution in [1.82, 2.24) is 58.9 Å². The molecule has 3 unspecified atom stereocenters. The van der Waals surface area contributed by atoms with Gasteiger partial charge in [0.05, 0.1) is 44.7 Å². The summed E-state index contributed by atoms with van der Waals surface area (Å²) in [4.78, 5) is 10.6. The van der Waals surface area contributed by atoms with Crippen molar-refractivity contribution in [1.29, 1.82) is 0 Å². The first kappa shape index (κ1) is 111. The molecular weight excluding hydrogens is 1320 g/mol. The predicted molar refractivity (Wildman–Crippen MR) is 458 cm³/mol. The minimum atomic E-state index is -0.396. The summed E-state index contributed by atoms with van der Waals surface area (Å²) in [5.74, 6) is 3.19. The lowest BCUT2D eigenvalue weighted by Gasteiger charge is -2.33. The molecule has 0 radical (unpaired) electrons. The third-order valence-electron chi connectivity index (χ3n) is 13.8. The molecule has 3 N–H and O–H groups in total. The van der Waals surface area contributed by atoms with Crippen LogP contribution in [0.1, 0.15) is 230 Å². The fourth-order valence-electron chi connectivity index (χ4n) is 8.81. The van der Waals surface area contributed by atoms with E-state index in [1.807, 2.05) is 241 Å². The van der Waals surface area contributed by atoms with Gasteiger partial charge in [0.25, 0.3) is 0 Å². The molecular formula is C79H155BrN12O2P3+. The summed E-state index contributed by atoms with van der Waals surface area (Å²) in [5.41, 5.74) is 10.2. The third-order valence-corrected chi connectivity index (χ3v) is 15.3. The quantitative estimate of drug-likeness (QED) is 0.0763. The zero-order valence-electron chi connectivity index (χ0n) is 64.9. The smallest absolute Gasteiger partial charge is 0.390 e. The molecule has 4 aromatic carbocycles. The number of Topliss-reactive ketones (excluding diaryl/α,β-unsaturated/α-hetero) is 1. The van der Waals surface area contributed by atoms with E-state index in [1.165, 1.54) is 82.6 Å². The van der Waals surface area contributed by atoms with Gasteiger partial charge in [0.15, 0.2) is 0 Å². The summed E-state index contributed by atoms with van der Waals surface area (Å²) >= 11 is 2.94. The third kappa shape index (κ3) is 47.5. The van der Waals surface area contributed by atoms with E-state index in [9.17, 15) is 9.90 Å². The van der Waals surface area contributed by atoms with Crippen LogP contribution in [0.2, 0.25) is 0 Å². The van der Waals surface area contributed by atoms with E-state index in [-0.39, 0.29) is 31.1 Å². The van der Waals surface area contributed by atoms with E-state index in [4.69, 9.17) is 0 Å². The van der Waals surface area contributed by atoms with Crippen LogP contribution in [0.4, 0.5) is 0 Å². The number of nitrogens with one attached hydrogen (secondary N) is 2. The number of rotatable bonds is 0. The summed E-state index contributed by atoms with van der Waals surface area (Å²) in [6.07, 6.45) is 9.54. The van der Waals surface area contributed by atoms with Crippen LogP contribution in [0.25, 0.3) is 43.6 Å². The average molecular weight is 1480 g/mol. The number of benzene rings is 4. The van der Waals surface area contributed by atoms with Gasteiger partial charge in [-0.25, -0.2) is 0 Å². The van der Waals surface area contributed by atoms with Crippen LogP contribution in [0, 0.1) is 33.6 Å². The number of fused-ring (bicyclic) bond motifs is 4. The van der Waals surface area contributed by atoms with Crippen molar-refractivity contribution in [2.45, 2.75) is 239 Å². The molecule has 4 aliphatic rings. The number of alkyl halides is 1. The van der Waals surface area contributed by atoms with Crippen LogP contribution in [0.5, 0.6) is 0 Å². The number of halogens is 1. The van der Waals surface area contributed by atoms with E-state index in [0.717, 1.165) is 92.6 Å². The van der Waals surface area contributed by atoms with Crippen molar-refractivity contribution in [3.8, 4) is 0 Å². The van der Waals surface area contributed by atoms with E-state index < -0.39 is 5.60 Å². The van der Waals surface area contributed by atoms with Crippen LogP contribution in [-0.2, 0) is 25.9 Å². The van der Waals surface area contributed by atoms with Crippen molar-refractivity contribution < 1.29 is 11.3 Å². The van der Waals surface area contributed by atoms with Crippen LogP contribution in [-0.4, -0.2) is 128 Å². The lowest BCUT2D eigenvalue weighted by Crippen LogP contribution is -2.37. The fraction of sp³-hybridized carbons (Fsp3) is 0.608. The van der Waals surface area contributed by atoms with Gasteiger partial charge in [-0.1, -0.05) is 276 Å². The molecule has 0 amide bonds. The van der Waals surface area contributed by atoms with Gasteiger partial charge in [-0.3, -0.25) is 37.9 Å².